The Kier molecular flexibility index (Phi) is 5.66. The van der Waals surface area contributed by atoms with Crippen molar-refractivity contribution in [3.8, 4) is 5.75 Å². The van der Waals surface area contributed by atoms with Crippen molar-refractivity contribution in [1.29, 1.82) is 0 Å². The lowest BCUT2D eigenvalue weighted by Gasteiger charge is -2.18. The molecule has 0 aliphatic heterocycles. The molecule has 152 valence electrons. The Morgan fingerprint density at radius 3 is 2.70 bits per heavy atom. The van der Waals surface area contributed by atoms with E-state index in [4.69, 9.17) is 9.15 Å². The van der Waals surface area contributed by atoms with E-state index >= 15 is 0 Å². The highest BCUT2D eigenvalue weighted by molar-refractivity contribution is 5.84. The summed E-state index contributed by atoms with van der Waals surface area (Å²) in [6.45, 7) is 1.81. The zero-order valence-corrected chi connectivity index (χ0v) is 16.6. The number of aromatic amines is 1. The van der Waals surface area contributed by atoms with Crippen LogP contribution in [0.15, 0.2) is 82.3 Å². The van der Waals surface area contributed by atoms with Crippen LogP contribution in [0.2, 0.25) is 0 Å². The van der Waals surface area contributed by atoms with Gasteiger partial charge in [-0.05, 0) is 24.1 Å². The number of aryl methyl sites for hydroxylation is 1. The predicted octanol–water partition coefficient (Wildman–Crippen LogP) is 3.76. The minimum atomic E-state index is -0.312. The molecule has 6 heteroatoms. The molecule has 2 aromatic carbocycles. The molecule has 1 atom stereocenters. The average molecular weight is 402 g/mol. The smallest absolute Gasteiger partial charge is 0.257 e. The fourth-order valence-corrected chi connectivity index (χ4v) is 3.48. The highest BCUT2D eigenvalue weighted by atomic mass is 16.5. The SMILES string of the molecule is Cc1cc(=O)c(OCC(=O)NC[C@@H](c2ccccc2)c2c[nH]c3ccccc23)co1. The third kappa shape index (κ3) is 4.27. The van der Waals surface area contributed by atoms with Crippen LogP contribution in [0.4, 0.5) is 0 Å². The molecule has 6 nitrogen and oxygen atoms in total. The summed E-state index contributed by atoms with van der Waals surface area (Å²) in [4.78, 5) is 27.6. The van der Waals surface area contributed by atoms with Crippen LogP contribution in [0.1, 0.15) is 22.8 Å². The fourth-order valence-electron chi connectivity index (χ4n) is 3.48. The number of carbonyl (C=O) groups excluding carboxylic acids is 1. The molecule has 0 unspecified atom stereocenters. The number of benzene rings is 2. The van der Waals surface area contributed by atoms with Crippen molar-refractivity contribution >= 4 is 16.8 Å². The zero-order valence-electron chi connectivity index (χ0n) is 16.6. The molecule has 0 bridgehead atoms. The van der Waals surface area contributed by atoms with Crippen LogP contribution in [0, 0.1) is 6.92 Å². The summed E-state index contributed by atoms with van der Waals surface area (Å²) in [6, 6.07) is 19.4. The monoisotopic (exact) mass is 402 g/mol. The number of hydrogen-bond acceptors (Lipinski definition) is 4. The second kappa shape index (κ2) is 8.69. The van der Waals surface area contributed by atoms with Crippen molar-refractivity contribution in [3.05, 3.63) is 100 Å². The molecular weight excluding hydrogens is 380 g/mol. The number of fused-ring (bicyclic) bond motifs is 1. The van der Waals surface area contributed by atoms with E-state index in [0.29, 0.717) is 12.3 Å². The average Bonchev–Trinajstić information content (AvgIpc) is 3.18. The second-order valence-electron chi connectivity index (χ2n) is 7.06. The van der Waals surface area contributed by atoms with E-state index in [2.05, 4.69) is 16.4 Å². The Balaban J connectivity index is 1.48. The molecule has 1 amide bonds. The van der Waals surface area contributed by atoms with Crippen LogP contribution in [0.25, 0.3) is 10.9 Å². The Hall–Kier alpha value is -3.80. The van der Waals surface area contributed by atoms with Crippen LogP contribution in [0.5, 0.6) is 5.75 Å². The first-order chi connectivity index (χ1) is 14.6. The number of amides is 1. The van der Waals surface area contributed by atoms with E-state index in [-0.39, 0.29) is 29.6 Å². The Labute approximate surface area is 173 Å². The summed E-state index contributed by atoms with van der Waals surface area (Å²) in [5.41, 5.74) is 2.95. The lowest BCUT2D eigenvalue weighted by atomic mass is 9.91. The first kappa shape index (κ1) is 19.5. The molecule has 0 fully saturated rings. The van der Waals surface area contributed by atoms with E-state index in [1.807, 2.05) is 54.7 Å². The quantitative estimate of drug-likeness (QED) is 0.493. The van der Waals surface area contributed by atoms with E-state index in [1.165, 1.54) is 12.3 Å². The Morgan fingerprint density at radius 1 is 1.13 bits per heavy atom. The molecule has 0 spiro atoms. The van der Waals surface area contributed by atoms with Crippen molar-refractivity contribution in [1.82, 2.24) is 10.3 Å². The number of aromatic nitrogens is 1. The number of nitrogens with one attached hydrogen (secondary N) is 2. The summed E-state index contributed by atoms with van der Waals surface area (Å²) in [7, 11) is 0. The summed E-state index contributed by atoms with van der Waals surface area (Å²) in [6.07, 6.45) is 3.21. The van der Waals surface area contributed by atoms with Crippen LogP contribution >= 0.6 is 0 Å². The molecule has 2 aromatic heterocycles. The third-order valence-electron chi connectivity index (χ3n) is 4.99. The van der Waals surface area contributed by atoms with Gasteiger partial charge in [-0.3, -0.25) is 9.59 Å². The highest BCUT2D eigenvalue weighted by Crippen LogP contribution is 2.30. The van der Waals surface area contributed by atoms with Gasteiger partial charge >= 0.3 is 0 Å². The number of H-pyrrole nitrogens is 1. The molecular formula is C24H22N2O4. The summed E-state index contributed by atoms with van der Waals surface area (Å²) < 4.78 is 10.5. The van der Waals surface area contributed by atoms with Crippen molar-refractivity contribution in [2.45, 2.75) is 12.8 Å². The molecule has 0 saturated carbocycles. The maximum atomic E-state index is 12.4. The van der Waals surface area contributed by atoms with Gasteiger partial charge in [-0.25, -0.2) is 0 Å². The number of rotatable bonds is 7. The molecule has 0 saturated heterocycles. The first-order valence-electron chi connectivity index (χ1n) is 9.71. The lowest BCUT2D eigenvalue weighted by molar-refractivity contribution is -0.123. The van der Waals surface area contributed by atoms with E-state index in [1.54, 1.807) is 6.92 Å². The minimum absolute atomic E-state index is 0.0204. The van der Waals surface area contributed by atoms with Gasteiger partial charge in [-0.1, -0.05) is 48.5 Å². The molecule has 0 aliphatic carbocycles. The normalized spacial score (nSPS) is 11.9. The maximum Gasteiger partial charge on any atom is 0.257 e. The van der Waals surface area contributed by atoms with Crippen LogP contribution < -0.4 is 15.5 Å². The lowest BCUT2D eigenvalue weighted by Crippen LogP contribution is -2.33. The molecule has 2 heterocycles. The number of ether oxygens (including phenoxy) is 1. The van der Waals surface area contributed by atoms with Gasteiger partial charge in [0.15, 0.2) is 6.61 Å². The van der Waals surface area contributed by atoms with E-state index < -0.39 is 0 Å². The molecule has 2 N–H and O–H groups in total. The number of hydrogen-bond donors (Lipinski definition) is 2. The number of para-hydroxylation sites is 1. The van der Waals surface area contributed by atoms with E-state index in [0.717, 1.165) is 22.0 Å². The predicted molar refractivity (Wildman–Crippen MR) is 115 cm³/mol. The van der Waals surface area contributed by atoms with Gasteiger partial charge in [0.05, 0.1) is 0 Å². The fraction of sp³-hybridized carbons (Fsp3) is 0.167. The third-order valence-corrected chi connectivity index (χ3v) is 4.99. The van der Waals surface area contributed by atoms with Crippen LogP contribution in [0.3, 0.4) is 0 Å². The highest BCUT2D eigenvalue weighted by Gasteiger charge is 2.19. The van der Waals surface area contributed by atoms with Gasteiger partial charge in [0, 0.05) is 35.6 Å². The molecule has 0 radical (unpaired) electrons. The van der Waals surface area contributed by atoms with Gasteiger partial charge in [0.25, 0.3) is 5.91 Å². The summed E-state index contributed by atoms with van der Waals surface area (Å²) in [5.74, 6) is 0.166. The summed E-state index contributed by atoms with van der Waals surface area (Å²) >= 11 is 0. The molecule has 30 heavy (non-hydrogen) atoms. The van der Waals surface area contributed by atoms with Crippen LogP contribution in [-0.2, 0) is 4.79 Å². The zero-order chi connectivity index (χ0) is 20.9. The molecule has 0 aliphatic rings. The topological polar surface area (TPSA) is 84.3 Å². The maximum absolute atomic E-state index is 12.4. The van der Waals surface area contributed by atoms with Crippen molar-refractivity contribution < 1.29 is 13.9 Å². The Morgan fingerprint density at radius 2 is 1.90 bits per heavy atom. The molecule has 4 aromatic rings. The van der Waals surface area contributed by atoms with Crippen molar-refractivity contribution in [2.24, 2.45) is 0 Å². The first-order valence-corrected chi connectivity index (χ1v) is 9.71. The van der Waals surface area contributed by atoms with Gasteiger partial charge in [-0.2, -0.15) is 0 Å². The molecule has 4 rings (SSSR count). The van der Waals surface area contributed by atoms with Gasteiger partial charge in [0.2, 0.25) is 11.2 Å². The van der Waals surface area contributed by atoms with E-state index in [9.17, 15) is 9.59 Å². The largest absolute Gasteiger partial charge is 0.477 e. The van der Waals surface area contributed by atoms with Crippen molar-refractivity contribution in [3.63, 3.8) is 0 Å². The summed E-state index contributed by atoms with van der Waals surface area (Å²) in [5, 5.41) is 4.04. The second-order valence-corrected chi connectivity index (χ2v) is 7.06. The minimum Gasteiger partial charge on any atom is -0.477 e. The van der Waals surface area contributed by atoms with Crippen molar-refractivity contribution in [2.75, 3.05) is 13.2 Å². The van der Waals surface area contributed by atoms with Gasteiger partial charge in [0.1, 0.15) is 12.0 Å². The standard InChI is InChI=1S/C24H22N2O4/c1-16-11-22(27)23(14-29-16)30-15-24(28)26-12-19(17-7-3-2-4-8-17)20-13-25-21-10-6-5-9-18(20)21/h2-11,13-14,19,25H,12,15H2,1H3,(H,26,28)/t19-/m0/s1. The van der Waals surface area contributed by atoms with Gasteiger partial charge < -0.3 is 19.5 Å². The number of carbonyl (C=O) groups is 1. The Bertz CT molecular complexity index is 1210. The van der Waals surface area contributed by atoms with Crippen LogP contribution in [-0.4, -0.2) is 24.0 Å². The van der Waals surface area contributed by atoms with Gasteiger partial charge in [-0.15, -0.1) is 0 Å².